The number of hydrogen-bond donors (Lipinski definition) is 1. The molecular formula is C20H21N3O5S. The zero-order valence-electron chi connectivity index (χ0n) is 16.4. The Labute approximate surface area is 171 Å². The molecule has 1 aromatic carbocycles. The van der Waals surface area contributed by atoms with Crippen LogP contribution >= 0.6 is 11.3 Å². The summed E-state index contributed by atoms with van der Waals surface area (Å²) in [5, 5.41) is 3.11. The van der Waals surface area contributed by atoms with Gasteiger partial charge in [-0.15, -0.1) is 11.3 Å². The third-order valence-corrected chi connectivity index (χ3v) is 5.50. The largest absolute Gasteiger partial charge is 0.497 e. The molecule has 0 unspecified atom stereocenters. The van der Waals surface area contributed by atoms with Gasteiger partial charge in [-0.1, -0.05) is 12.1 Å². The SMILES string of the molecule is CCOC(=O)c1sc2ncn(CC(=O)NCc3cccc(OC)c3)c(=O)c2c1C. The Kier molecular flexibility index (Phi) is 6.28. The molecule has 8 nitrogen and oxygen atoms in total. The lowest BCUT2D eigenvalue weighted by Gasteiger charge is -2.08. The number of nitrogens with zero attached hydrogens (tertiary/aromatic N) is 2. The summed E-state index contributed by atoms with van der Waals surface area (Å²) in [5.74, 6) is -0.0995. The Morgan fingerprint density at radius 1 is 1.31 bits per heavy atom. The van der Waals surface area contributed by atoms with Gasteiger partial charge in [0.2, 0.25) is 5.91 Å². The van der Waals surface area contributed by atoms with Gasteiger partial charge in [-0.25, -0.2) is 9.78 Å². The van der Waals surface area contributed by atoms with Crippen molar-refractivity contribution < 1.29 is 19.1 Å². The maximum Gasteiger partial charge on any atom is 0.348 e. The number of carbonyl (C=O) groups excluding carboxylic acids is 2. The zero-order chi connectivity index (χ0) is 21.0. The van der Waals surface area contributed by atoms with E-state index < -0.39 is 5.97 Å². The molecule has 3 rings (SSSR count). The van der Waals surface area contributed by atoms with Crippen LogP contribution in [0.4, 0.5) is 0 Å². The molecule has 0 aliphatic carbocycles. The first-order chi connectivity index (χ1) is 13.9. The van der Waals surface area contributed by atoms with E-state index in [0.29, 0.717) is 33.0 Å². The molecule has 1 N–H and O–H groups in total. The molecule has 2 aromatic heterocycles. The Morgan fingerprint density at radius 3 is 2.83 bits per heavy atom. The third kappa shape index (κ3) is 4.45. The first-order valence-electron chi connectivity index (χ1n) is 8.99. The minimum Gasteiger partial charge on any atom is -0.497 e. The molecule has 9 heteroatoms. The lowest BCUT2D eigenvalue weighted by atomic mass is 10.2. The van der Waals surface area contributed by atoms with Crippen LogP contribution in [0.25, 0.3) is 10.2 Å². The van der Waals surface area contributed by atoms with Crippen LogP contribution < -0.4 is 15.6 Å². The number of ether oxygens (including phenoxy) is 2. The second-order valence-electron chi connectivity index (χ2n) is 6.26. The fraction of sp³-hybridized carbons (Fsp3) is 0.300. The monoisotopic (exact) mass is 415 g/mol. The lowest BCUT2D eigenvalue weighted by Crippen LogP contribution is -2.32. The van der Waals surface area contributed by atoms with E-state index >= 15 is 0 Å². The number of nitrogens with one attached hydrogen (secondary N) is 1. The van der Waals surface area contributed by atoms with Crippen molar-refractivity contribution in [3.8, 4) is 5.75 Å². The molecule has 1 amide bonds. The average Bonchev–Trinajstić information content (AvgIpc) is 3.06. The van der Waals surface area contributed by atoms with Crippen molar-refractivity contribution >= 4 is 33.4 Å². The summed E-state index contributed by atoms with van der Waals surface area (Å²) in [6.45, 7) is 3.79. The normalized spacial score (nSPS) is 10.7. The Hall–Kier alpha value is -3.20. The van der Waals surface area contributed by atoms with E-state index in [-0.39, 0.29) is 24.6 Å². The van der Waals surface area contributed by atoms with Crippen LogP contribution in [0.3, 0.4) is 0 Å². The molecule has 0 aliphatic rings. The van der Waals surface area contributed by atoms with E-state index in [0.717, 1.165) is 16.9 Å². The fourth-order valence-corrected chi connectivity index (χ4v) is 3.89. The second kappa shape index (κ2) is 8.87. The van der Waals surface area contributed by atoms with Crippen LogP contribution in [-0.2, 0) is 22.6 Å². The van der Waals surface area contributed by atoms with Crippen molar-refractivity contribution in [2.24, 2.45) is 0 Å². The zero-order valence-corrected chi connectivity index (χ0v) is 17.2. The van der Waals surface area contributed by atoms with E-state index in [1.165, 1.54) is 10.9 Å². The molecule has 0 spiro atoms. The van der Waals surface area contributed by atoms with E-state index in [4.69, 9.17) is 9.47 Å². The van der Waals surface area contributed by atoms with Crippen LogP contribution in [0.15, 0.2) is 35.4 Å². The van der Waals surface area contributed by atoms with Crippen molar-refractivity contribution in [2.45, 2.75) is 26.9 Å². The first kappa shape index (κ1) is 20.5. The summed E-state index contributed by atoms with van der Waals surface area (Å²) in [6.07, 6.45) is 1.32. The topological polar surface area (TPSA) is 99.5 Å². The Morgan fingerprint density at radius 2 is 2.10 bits per heavy atom. The maximum atomic E-state index is 12.8. The summed E-state index contributed by atoms with van der Waals surface area (Å²) >= 11 is 1.11. The number of benzene rings is 1. The number of amides is 1. The molecule has 0 atom stereocenters. The van der Waals surface area contributed by atoms with Gasteiger partial charge in [0, 0.05) is 6.54 Å². The number of esters is 1. The van der Waals surface area contributed by atoms with Gasteiger partial charge in [-0.2, -0.15) is 0 Å². The quantitative estimate of drug-likeness (QED) is 0.594. The van der Waals surface area contributed by atoms with Gasteiger partial charge in [-0.05, 0) is 37.1 Å². The molecule has 29 heavy (non-hydrogen) atoms. The highest BCUT2D eigenvalue weighted by Crippen LogP contribution is 2.27. The van der Waals surface area contributed by atoms with Gasteiger partial charge in [-0.3, -0.25) is 14.2 Å². The average molecular weight is 415 g/mol. The van der Waals surface area contributed by atoms with Gasteiger partial charge in [0.1, 0.15) is 22.0 Å². The van der Waals surface area contributed by atoms with Gasteiger partial charge < -0.3 is 14.8 Å². The predicted molar refractivity (Wildman–Crippen MR) is 109 cm³/mol. The summed E-state index contributed by atoms with van der Waals surface area (Å²) in [5.41, 5.74) is 1.04. The second-order valence-corrected chi connectivity index (χ2v) is 7.26. The van der Waals surface area contributed by atoms with Gasteiger partial charge in [0.25, 0.3) is 5.56 Å². The number of thiophene rings is 1. The van der Waals surface area contributed by atoms with Crippen molar-refractivity contribution in [3.63, 3.8) is 0 Å². The van der Waals surface area contributed by atoms with Gasteiger partial charge in [0.05, 0.1) is 25.4 Å². The van der Waals surface area contributed by atoms with Crippen LogP contribution in [0, 0.1) is 6.92 Å². The van der Waals surface area contributed by atoms with Gasteiger partial charge >= 0.3 is 5.97 Å². The molecule has 0 saturated carbocycles. The number of rotatable bonds is 7. The number of methoxy groups -OCH3 is 1. The Bertz CT molecular complexity index is 1120. The summed E-state index contributed by atoms with van der Waals surface area (Å²) in [6, 6.07) is 7.35. The molecule has 0 saturated heterocycles. The third-order valence-electron chi connectivity index (χ3n) is 4.32. The van der Waals surface area contributed by atoms with Crippen molar-refractivity contribution in [1.82, 2.24) is 14.9 Å². The number of hydrogen-bond acceptors (Lipinski definition) is 7. The maximum absolute atomic E-state index is 12.8. The smallest absolute Gasteiger partial charge is 0.348 e. The minimum absolute atomic E-state index is 0.171. The molecule has 0 radical (unpaired) electrons. The lowest BCUT2D eigenvalue weighted by molar-refractivity contribution is -0.121. The number of aromatic nitrogens is 2. The molecule has 0 fully saturated rings. The van der Waals surface area contributed by atoms with Crippen molar-refractivity contribution in [3.05, 3.63) is 57.0 Å². The molecule has 0 aliphatic heterocycles. The van der Waals surface area contributed by atoms with E-state index in [1.807, 2.05) is 24.3 Å². The number of fused-ring (bicyclic) bond motifs is 1. The molecule has 0 bridgehead atoms. The number of carbonyl (C=O) groups is 2. The van der Waals surface area contributed by atoms with Crippen LogP contribution in [0.5, 0.6) is 5.75 Å². The summed E-state index contributed by atoms with van der Waals surface area (Å²) in [4.78, 5) is 42.2. The fourth-order valence-electron chi connectivity index (χ4n) is 2.86. The van der Waals surface area contributed by atoms with Crippen molar-refractivity contribution in [2.75, 3.05) is 13.7 Å². The van der Waals surface area contributed by atoms with E-state index in [1.54, 1.807) is 21.0 Å². The standard InChI is InChI=1S/C20H21N3O5S/c1-4-28-20(26)17-12(2)16-18(29-17)22-11-23(19(16)25)10-15(24)21-9-13-6-5-7-14(8-13)27-3/h5-8,11H,4,9-10H2,1-3H3,(H,21,24). The minimum atomic E-state index is -0.477. The summed E-state index contributed by atoms with van der Waals surface area (Å²) in [7, 11) is 1.58. The predicted octanol–water partition coefficient (Wildman–Crippen LogP) is 2.27. The highest BCUT2D eigenvalue weighted by atomic mass is 32.1. The molecule has 2 heterocycles. The molecule has 152 valence electrons. The van der Waals surface area contributed by atoms with Crippen LogP contribution in [0.2, 0.25) is 0 Å². The highest BCUT2D eigenvalue weighted by molar-refractivity contribution is 7.20. The molecular weight excluding hydrogens is 394 g/mol. The van der Waals surface area contributed by atoms with Crippen molar-refractivity contribution in [1.29, 1.82) is 0 Å². The van der Waals surface area contributed by atoms with Crippen LogP contribution in [0.1, 0.15) is 27.7 Å². The van der Waals surface area contributed by atoms with Crippen LogP contribution in [-0.4, -0.2) is 35.1 Å². The van der Waals surface area contributed by atoms with Gasteiger partial charge in [0.15, 0.2) is 0 Å². The molecule has 3 aromatic rings. The van der Waals surface area contributed by atoms with E-state index in [9.17, 15) is 14.4 Å². The van der Waals surface area contributed by atoms with E-state index in [2.05, 4.69) is 10.3 Å². The number of aryl methyl sites for hydroxylation is 1. The Balaban J connectivity index is 1.76. The summed E-state index contributed by atoms with van der Waals surface area (Å²) < 4.78 is 11.4. The highest BCUT2D eigenvalue weighted by Gasteiger charge is 2.20. The first-order valence-corrected chi connectivity index (χ1v) is 9.81.